The molecule has 2 fully saturated rings. The number of morpholine rings is 1. The molecule has 2 aliphatic rings. The topological polar surface area (TPSA) is 27.7 Å². The monoisotopic (exact) mass is 255 g/mol. The van der Waals surface area contributed by atoms with Gasteiger partial charge in [-0.25, -0.2) is 0 Å². The Balaban J connectivity index is 1.62. The molecule has 1 N–H and O–H groups in total. The fourth-order valence-electron chi connectivity index (χ4n) is 3.05. The zero-order valence-electron chi connectivity index (χ0n) is 11.9. The van der Waals surface area contributed by atoms with Crippen LogP contribution in [-0.2, 0) is 4.74 Å². The number of nitrogens with zero attached hydrogens (tertiary/aromatic N) is 2. The molecule has 0 aromatic rings. The molecule has 18 heavy (non-hydrogen) atoms. The fraction of sp³-hybridized carbons (Fsp3) is 1.00. The smallest absolute Gasteiger partial charge is 0.0594 e. The van der Waals surface area contributed by atoms with Gasteiger partial charge in [-0.05, 0) is 45.3 Å². The summed E-state index contributed by atoms with van der Waals surface area (Å²) in [5.41, 5.74) is 0. The number of nitrogens with one attached hydrogen (secondary N) is 1. The van der Waals surface area contributed by atoms with E-state index in [2.05, 4.69) is 22.2 Å². The van der Waals surface area contributed by atoms with Gasteiger partial charge in [0.2, 0.25) is 0 Å². The molecule has 0 saturated carbocycles. The van der Waals surface area contributed by atoms with Gasteiger partial charge in [0.25, 0.3) is 0 Å². The lowest BCUT2D eigenvalue weighted by molar-refractivity contribution is 0.0307. The van der Waals surface area contributed by atoms with Crippen LogP contribution in [0.15, 0.2) is 0 Å². The van der Waals surface area contributed by atoms with Crippen LogP contribution in [-0.4, -0.2) is 75.9 Å². The minimum Gasteiger partial charge on any atom is -0.379 e. The molecule has 2 saturated heterocycles. The Kier molecular flexibility index (Phi) is 6.41. The van der Waals surface area contributed by atoms with Crippen molar-refractivity contribution in [1.29, 1.82) is 0 Å². The Morgan fingerprint density at radius 1 is 1.11 bits per heavy atom. The average Bonchev–Trinajstić information content (AvgIpc) is 2.44. The Morgan fingerprint density at radius 2 is 1.89 bits per heavy atom. The Morgan fingerprint density at radius 3 is 2.67 bits per heavy atom. The maximum atomic E-state index is 5.39. The molecule has 1 atom stereocenters. The molecule has 0 radical (unpaired) electrons. The Hall–Kier alpha value is -0.160. The van der Waals surface area contributed by atoms with Crippen molar-refractivity contribution in [2.24, 2.45) is 5.92 Å². The van der Waals surface area contributed by atoms with E-state index in [1.54, 1.807) is 0 Å². The van der Waals surface area contributed by atoms with Gasteiger partial charge in [-0.15, -0.1) is 0 Å². The minimum atomic E-state index is 0.913. The van der Waals surface area contributed by atoms with Gasteiger partial charge < -0.3 is 15.0 Å². The highest BCUT2D eigenvalue weighted by Crippen LogP contribution is 2.18. The second kappa shape index (κ2) is 8.10. The molecule has 106 valence electrons. The van der Waals surface area contributed by atoms with Crippen LogP contribution < -0.4 is 5.32 Å². The largest absolute Gasteiger partial charge is 0.379 e. The summed E-state index contributed by atoms with van der Waals surface area (Å²) in [5, 5.41) is 3.27. The zero-order chi connectivity index (χ0) is 12.6. The van der Waals surface area contributed by atoms with Crippen LogP contribution in [0.5, 0.6) is 0 Å². The van der Waals surface area contributed by atoms with Crippen LogP contribution >= 0.6 is 0 Å². The molecule has 2 rings (SSSR count). The van der Waals surface area contributed by atoms with E-state index in [1.807, 2.05) is 0 Å². The van der Waals surface area contributed by atoms with Crippen molar-refractivity contribution < 1.29 is 4.74 Å². The molecule has 4 nitrogen and oxygen atoms in total. The average molecular weight is 255 g/mol. The molecule has 2 aliphatic heterocycles. The highest BCUT2D eigenvalue weighted by Gasteiger charge is 2.20. The van der Waals surface area contributed by atoms with E-state index in [9.17, 15) is 0 Å². The number of piperidine rings is 1. The number of hydrogen-bond acceptors (Lipinski definition) is 4. The van der Waals surface area contributed by atoms with Gasteiger partial charge in [0.15, 0.2) is 0 Å². The van der Waals surface area contributed by atoms with Crippen LogP contribution in [0.4, 0.5) is 0 Å². The van der Waals surface area contributed by atoms with Crippen LogP contribution in [0.25, 0.3) is 0 Å². The van der Waals surface area contributed by atoms with Crippen molar-refractivity contribution >= 4 is 0 Å². The lowest BCUT2D eigenvalue weighted by Gasteiger charge is -2.35. The third kappa shape index (κ3) is 4.84. The third-order valence-corrected chi connectivity index (χ3v) is 4.24. The predicted octanol–water partition coefficient (Wildman–Crippen LogP) is 0.640. The second-order valence-corrected chi connectivity index (χ2v) is 5.66. The zero-order valence-corrected chi connectivity index (χ0v) is 11.9. The van der Waals surface area contributed by atoms with Crippen LogP contribution in [0.1, 0.15) is 19.3 Å². The number of hydrogen-bond donors (Lipinski definition) is 1. The van der Waals surface area contributed by atoms with E-state index in [-0.39, 0.29) is 0 Å². The van der Waals surface area contributed by atoms with Crippen LogP contribution in [0, 0.1) is 5.92 Å². The summed E-state index contributed by atoms with van der Waals surface area (Å²) in [4.78, 5) is 5.21. The Labute approximate surface area is 112 Å². The third-order valence-electron chi connectivity index (χ3n) is 4.24. The molecular formula is C14H29N3O. The fourth-order valence-corrected chi connectivity index (χ4v) is 3.05. The van der Waals surface area contributed by atoms with Crippen molar-refractivity contribution in [1.82, 2.24) is 15.1 Å². The minimum absolute atomic E-state index is 0.913. The van der Waals surface area contributed by atoms with E-state index < -0.39 is 0 Å². The van der Waals surface area contributed by atoms with Crippen LogP contribution in [0.2, 0.25) is 0 Å². The summed E-state index contributed by atoms with van der Waals surface area (Å²) in [6, 6.07) is 0. The summed E-state index contributed by atoms with van der Waals surface area (Å²) in [7, 11) is 2.05. The van der Waals surface area contributed by atoms with E-state index in [0.29, 0.717) is 0 Å². The normalized spacial score (nSPS) is 27.5. The quantitative estimate of drug-likeness (QED) is 0.754. The molecule has 0 bridgehead atoms. The number of ether oxygens (including phenoxy) is 1. The second-order valence-electron chi connectivity index (χ2n) is 5.66. The summed E-state index contributed by atoms with van der Waals surface area (Å²) >= 11 is 0. The molecule has 0 aliphatic carbocycles. The van der Waals surface area contributed by atoms with Crippen molar-refractivity contribution in [3.8, 4) is 0 Å². The highest BCUT2D eigenvalue weighted by molar-refractivity contribution is 4.75. The maximum Gasteiger partial charge on any atom is 0.0594 e. The predicted molar refractivity (Wildman–Crippen MR) is 75.0 cm³/mol. The van der Waals surface area contributed by atoms with E-state index in [0.717, 1.165) is 32.2 Å². The van der Waals surface area contributed by atoms with Gasteiger partial charge in [-0.2, -0.15) is 0 Å². The number of rotatable bonds is 6. The van der Waals surface area contributed by atoms with E-state index >= 15 is 0 Å². The van der Waals surface area contributed by atoms with Crippen molar-refractivity contribution in [2.75, 3.05) is 66.1 Å². The van der Waals surface area contributed by atoms with Crippen LogP contribution in [0.3, 0.4) is 0 Å². The lowest BCUT2D eigenvalue weighted by atomic mass is 9.95. The van der Waals surface area contributed by atoms with Gasteiger partial charge in [0.05, 0.1) is 13.2 Å². The summed E-state index contributed by atoms with van der Waals surface area (Å²) in [6.45, 7) is 10.3. The molecule has 0 amide bonds. The van der Waals surface area contributed by atoms with Gasteiger partial charge in [0.1, 0.15) is 0 Å². The van der Waals surface area contributed by atoms with E-state index in [4.69, 9.17) is 4.74 Å². The first-order chi connectivity index (χ1) is 8.88. The Bertz CT molecular complexity index is 219. The van der Waals surface area contributed by atoms with Gasteiger partial charge in [-0.1, -0.05) is 0 Å². The van der Waals surface area contributed by atoms with Crippen molar-refractivity contribution in [3.63, 3.8) is 0 Å². The molecule has 0 aromatic carbocycles. The maximum absolute atomic E-state index is 5.39. The molecule has 0 aromatic heterocycles. The molecule has 4 heteroatoms. The highest BCUT2D eigenvalue weighted by atomic mass is 16.5. The van der Waals surface area contributed by atoms with Gasteiger partial charge >= 0.3 is 0 Å². The first-order valence-electron chi connectivity index (χ1n) is 7.55. The van der Waals surface area contributed by atoms with Crippen molar-refractivity contribution in [2.45, 2.75) is 19.3 Å². The molecule has 2 heterocycles. The van der Waals surface area contributed by atoms with Gasteiger partial charge in [0, 0.05) is 32.7 Å². The summed E-state index contributed by atoms with van der Waals surface area (Å²) in [5.74, 6) is 0.913. The summed E-state index contributed by atoms with van der Waals surface area (Å²) in [6.07, 6.45) is 4.15. The first-order valence-corrected chi connectivity index (χ1v) is 7.55. The number of likely N-dealkylation sites (tertiary alicyclic amines) is 1. The molecular weight excluding hydrogens is 226 g/mol. The lowest BCUT2D eigenvalue weighted by Crippen LogP contribution is -2.44. The first kappa shape index (κ1) is 14.3. The molecule has 0 spiro atoms. The van der Waals surface area contributed by atoms with E-state index in [1.165, 1.54) is 52.0 Å². The van der Waals surface area contributed by atoms with Gasteiger partial charge in [-0.3, -0.25) is 4.90 Å². The summed E-state index contributed by atoms with van der Waals surface area (Å²) < 4.78 is 5.39. The standard InChI is InChI=1S/C14H29N3O/c1-15-5-4-14-3-2-6-17(13-14)8-7-16-9-11-18-12-10-16/h14-15H,2-13H2,1H3. The van der Waals surface area contributed by atoms with Crippen molar-refractivity contribution in [3.05, 3.63) is 0 Å². The SMILES string of the molecule is CNCCC1CCCN(CCN2CCOCC2)C1. The molecule has 1 unspecified atom stereocenters.